The molecular formula is C26H28N2O5S. The lowest BCUT2D eigenvalue weighted by Crippen LogP contribution is -2.53. The highest BCUT2D eigenvalue weighted by Gasteiger charge is 2.39. The summed E-state index contributed by atoms with van der Waals surface area (Å²) in [7, 11) is 0. The normalized spacial score (nSPS) is 16.0. The number of ether oxygens (including phenoxy) is 3. The third-order valence-electron chi connectivity index (χ3n) is 5.57. The zero-order chi connectivity index (χ0) is 24.1. The minimum Gasteiger partial charge on any atom is -0.479 e. The van der Waals surface area contributed by atoms with E-state index in [1.165, 1.54) is 4.90 Å². The third kappa shape index (κ3) is 4.98. The Labute approximate surface area is 203 Å². The fourth-order valence-electron chi connectivity index (χ4n) is 3.86. The van der Waals surface area contributed by atoms with Crippen LogP contribution >= 0.6 is 11.3 Å². The number of carbonyl (C=O) groups excluding carboxylic acids is 2. The smallest absolute Gasteiger partial charge is 0.329 e. The zero-order valence-corrected chi connectivity index (χ0v) is 20.3. The number of esters is 1. The Bertz CT molecular complexity index is 1150. The van der Waals surface area contributed by atoms with E-state index in [1.54, 1.807) is 18.3 Å². The van der Waals surface area contributed by atoms with Crippen molar-refractivity contribution >= 4 is 28.9 Å². The van der Waals surface area contributed by atoms with Crippen LogP contribution in [0.3, 0.4) is 0 Å². The van der Waals surface area contributed by atoms with Gasteiger partial charge in [-0.15, -0.1) is 11.3 Å². The number of anilines is 1. The van der Waals surface area contributed by atoms with Crippen molar-refractivity contribution in [3.63, 3.8) is 0 Å². The number of rotatable bonds is 9. The first-order valence-corrected chi connectivity index (χ1v) is 12.3. The fraction of sp³-hybridized carbons (Fsp3) is 0.346. The van der Waals surface area contributed by atoms with Crippen molar-refractivity contribution in [2.75, 3.05) is 24.7 Å². The highest BCUT2D eigenvalue weighted by atomic mass is 32.1. The molecule has 0 radical (unpaired) electrons. The maximum Gasteiger partial charge on any atom is 0.329 e. The number of fused-ring (bicyclic) bond motifs is 1. The van der Waals surface area contributed by atoms with Crippen LogP contribution in [0.1, 0.15) is 27.2 Å². The number of carbonyl (C=O) groups is 2. The molecular weight excluding hydrogens is 452 g/mol. The summed E-state index contributed by atoms with van der Waals surface area (Å²) in [5.41, 5.74) is 3.23. The number of thiazole rings is 1. The van der Waals surface area contributed by atoms with E-state index < -0.39 is 18.1 Å². The first kappa shape index (κ1) is 23.9. The summed E-state index contributed by atoms with van der Waals surface area (Å²) in [5.74, 6) is -0.183. The van der Waals surface area contributed by atoms with E-state index in [9.17, 15) is 9.59 Å². The molecule has 178 valence electrons. The maximum atomic E-state index is 13.2. The molecule has 8 heteroatoms. The lowest BCUT2D eigenvalue weighted by molar-refractivity contribution is -0.148. The molecule has 0 N–H and O–H groups in total. The number of aromatic nitrogens is 1. The van der Waals surface area contributed by atoms with Crippen LogP contribution in [0.4, 0.5) is 5.69 Å². The Balaban J connectivity index is 1.65. The van der Waals surface area contributed by atoms with E-state index in [0.29, 0.717) is 31.1 Å². The number of hydrogen-bond acceptors (Lipinski definition) is 7. The summed E-state index contributed by atoms with van der Waals surface area (Å²) >= 11 is 1.56. The predicted octanol–water partition coefficient (Wildman–Crippen LogP) is 4.95. The minimum absolute atomic E-state index is 0.144. The molecule has 1 aliphatic heterocycles. The van der Waals surface area contributed by atoms with Gasteiger partial charge in [-0.3, -0.25) is 9.69 Å². The van der Waals surface area contributed by atoms with Crippen LogP contribution in [0.15, 0.2) is 53.9 Å². The second-order valence-electron chi connectivity index (χ2n) is 7.84. The lowest BCUT2D eigenvalue weighted by atomic mass is 10.0. The summed E-state index contributed by atoms with van der Waals surface area (Å²) < 4.78 is 16.5. The van der Waals surface area contributed by atoms with Crippen LogP contribution in [0.5, 0.6) is 5.75 Å². The molecule has 4 rings (SSSR count). The molecule has 1 aromatic heterocycles. The van der Waals surface area contributed by atoms with E-state index in [-0.39, 0.29) is 12.5 Å². The van der Waals surface area contributed by atoms with Gasteiger partial charge >= 0.3 is 5.97 Å². The van der Waals surface area contributed by atoms with Gasteiger partial charge in [0.2, 0.25) is 0 Å². The molecule has 2 heterocycles. The van der Waals surface area contributed by atoms with E-state index in [2.05, 4.69) is 0 Å². The van der Waals surface area contributed by atoms with Crippen LogP contribution in [0.25, 0.3) is 21.8 Å². The van der Waals surface area contributed by atoms with Crippen molar-refractivity contribution in [1.29, 1.82) is 0 Å². The molecule has 34 heavy (non-hydrogen) atoms. The van der Waals surface area contributed by atoms with E-state index in [4.69, 9.17) is 19.2 Å². The Kier molecular flexibility index (Phi) is 7.59. The van der Waals surface area contributed by atoms with Gasteiger partial charge in [-0.05, 0) is 38.5 Å². The quantitative estimate of drug-likeness (QED) is 0.319. The second-order valence-corrected chi connectivity index (χ2v) is 8.70. The molecule has 7 nitrogen and oxygen atoms in total. The highest BCUT2D eigenvalue weighted by Crippen LogP contribution is 2.40. The Morgan fingerprint density at radius 2 is 1.94 bits per heavy atom. The molecule has 0 bridgehead atoms. The van der Waals surface area contributed by atoms with Crippen LogP contribution in [0, 0.1) is 0 Å². The van der Waals surface area contributed by atoms with E-state index in [0.717, 1.165) is 21.8 Å². The van der Waals surface area contributed by atoms with E-state index >= 15 is 0 Å². The summed E-state index contributed by atoms with van der Waals surface area (Å²) in [6.45, 7) is 6.44. The van der Waals surface area contributed by atoms with Gasteiger partial charge in [0.05, 0.1) is 18.0 Å². The molecule has 2 unspecified atom stereocenters. The Morgan fingerprint density at radius 3 is 2.68 bits per heavy atom. The van der Waals surface area contributed by atoms with Crippen molar-refractivity contribution in [2.24, 2.45) is 0 Å². The summed E-state index contributed by atoms with van der Waals surface area (Å²) in [6.07, 6.45) is -0.294. The SMILES string of the molecule is CCOCCOC(=O)C(CC)N1C(=O)C(C)Oc2ccc(-c3csc(-c4ccccc4)n3)cc21. The van der Waals surface area contributed by atoms with Crippen LogP contribution in [-0.2, 0) is 19.1 Å². The molecule has 1 amide bonds. The fourth-order valence-corrected chi connectivity index (χ4v) is 4.69. The van der Waals surface area contributed by atoms with Crippen LogP contribution in [-0.4, -0.2) is 48.8 Å². The summed E-state index contributed by atoms with van der Waals surface area (Å²) in [4.78, 5) is 32.4. The van der Waals surface area contributed by atoms with Crippen molar-refractivity contribution < 1.29 is 23.8 Å². The average Bonchev–Trinajstić information content (AvgIpc) is 3.35. The van der Waals surface area contributed by atoms with Crippen LogP contribution < -0.4 is 9.64 Å². The van der Waals surface area contributed by atoms with Gasteiger partial charge in [-0.25, -0.2) is 9.78 Å². The van der Waals surface area contributed by atoms with Crippen molar-refractivity contribution in [1.82, 2.24) is 4.98 Å². The monoisotopic (exact) mass is 480 g/mol. The number of benzene rings is 2. The first-order valence-electron chi connectivity index (χ1n) is 11.4. The molecule has 0 fully saturated rings. The molecule has 2 atom stereocenters. The van der Waals surface area contributed by atoms with Gasteiger partial charge in [0, 0.05) is 23.1 Å². The Hall–Kier alpha value is -3.23. The molecule has 3 aromatic rings. The van der Waals surface area contributed by atoms with Crippen molar-refractivity contribution in [2.45, 2.75) is 39.3 Å². The summed E-state index contributed by atoms with van der Waals surface area (Å²) in [5, 5.41) is 2.90. The van der Waals surface area contributed by atoms with Gasteiger partial charge < -0.3 is 14.2 Å². The highest BCUT2D eigenvalue weighted by molar-refractivity contribution is 7.13. The predicted molar refractivity (Wildman–Crippen MR) is 132 cm³/mol. The number of hydrogen-bond donors (Lipinski definition) is 0. The van der Waals surface area contributed by atoms with E-state index in [1.807, 2.05) is 67.8 Å². The second kappa shape index (κ2) is 10.8. The van der Waals surface area contributed by atoms with Gasteiger partial charge in [-0.2, -0.15) is 0 Å². The Morgan fingerprint density at radius 1 is 1.15 bits per heavy atom. The molecule has 0 saturated heterocycles. The van der Waals surface area contributed by atoms with Crippen LogP contribution in [0.2, 0.25) is 0 Å². The molecule has 0 saturated carbocycles. The minimum atomic E-state index is -0.759. The standard InChI is InChI=1S/C26H28N2O5S/c1-4-21(26(30)32-14-13-31-5-2)28-22-15-19(11-12-23(22)33-17(3)25(28)29)20-16-34-24(27-20)18-9-7-6-8-10-18/h6-12,15-17,21H,4-5,13-14H2,1-3H3. The zero-order valence-electron chi connectivity index (χ0n) is 19.5. The topological polar surface area (TPSA) is 78.0 Å². The molecule has 1 aliphatic rings. The van der Waals surface area contributed by atoms with Crippen molar-refractivity contribution in [3.8, 4) is 27.6 Å². The number of amides is 1. The van der Waals surface area contributed by atoms with Crippen molar-refractivity contribution in [3.05, 3.63) is 53.9 Å². The largest absolute Gasteiger partial charge is 0.479 e. The van der Waals surface area contributed by atoms with Gasteiger partial charge in [-0.1, -0.05) is 37.3 Å². The summed E-state index contributed by atoms with van der Waals surface area (Å²) in [6, 6.07) is 14.8. The number of nitrogens with zero attached hydrogens (tertiary/aromatic N) is 2. The maximum absolute atomic E-state index is 13.2. The lowest BCUT2D eigenvalue weighted by Gasteiger charge is -2.37. The van der Waals surface area contributed by atoms with Gasteiger partial charge in [0.25, 0.3) is 5.91 Å². The molecule has 0 aliphatic carbocycles. The molecule has 2 aromatic carbocycles. The molecule has 0 spiro atoms. The van der Waals surface area contributed by atoms with Gasteiger partial charge in [0.15, 0.2) is 6.10 Å². The average molecular weight is 481 g/mol. The first-order chi connectivity index (χ1) is 16.5. The van der Waals surface area contributed by atoms with Gasteiger partial charge in [0.1, 0.15) is 23.4 Å². The third-order valence-corrected chi connectivity index (χ3v) is 6.47.